The van der Waals surface area contributed by atoms with Crippen molar-refractivity contribution in [1.29, 1.82) is 0 Å². The number of hydrogen-bond acceptors (Lipinski definition) is 0. The lowest BCUT2D eigenvalue weighted by molar-refractivity contribution is 1.19. The van der Waals surface area contributed by atoms with Crippen LogP contribution in [0.1, 0.15) is 16.7 Å². The van der Waals surface area contributed by atoms with Gasteiger partial charge in [0.05, 0.1) is 0 Å². The first kappa shape index (κ1) is 11.0. The van der Waals surface area contributed by atoms with E-state index in [2.05, 4.69) is 73.7 Å². The van der Waals surface area contributed by atoms with Crippen LogP contribution in [0.2, 0.25) is 0 Å². The summed E-state index contributed by atoms with van der Waals surface area (Å²) < 4.78 is 0. The van der Waals surface area contributed by atoms with Gasteiger partial charge in [-0.1, -0.05) is 66.7 Å². The summed E-state index contributed by atoms with van der Waals surface area (Å²) in [6, 6.07) is 23.8. The van der Waals surface area contributed by atoms with Crippen LogP contribution in [0.5, 0.6) is 0 Å². The Labute approximate surface area is 108 Å². The van der Waals surface area contributed by atoms with Crippen LogP contribution in [0.25, 0.3) is 10.8 Å². The van der Waals surface area contributed by atoms with E-state index >= 15 is 0 Å². The number of rotatable bonds is 2. The quantitative estimate of drug-likeness (QED) is 0.598. The number of aryl methyl sites for hydroxylation is 1. The van der Waals surface area contributed by atoms with Crippen molar-refractivity contribution in [3.63, 3.8) is 0 Å². The molecule has 0 saturated heterocycles. The molecule has 0 radical (unpaired) electrons. The van der Waals surface area contributed by atoms with Crippen LogP contribution in [0.15, 0.2) is 66.7 Å². The van der Waals surface area contributed by atoms with Gasteiger partial charge in [-0.3, -0.25) is 0 Å². The molecule has 0 atom stereocenters. The zero-order chi connectivity index (χ0) is 12.4. The highest BCUT2D eigenvalue weighted by Gasteiger charge is 2.01. The van der Waals surface area contributed by atoms with Crippen molar-refractivity contribution in [2.45, 2.75) is 13.3 Å². The van der Waals surface area contributed by atoms with Gasteiger partial charge in [0, 0.05) is 0 Å². The Morgan fingerprint density at radius 2 is 1.44 bits per heavy atom. The summed E-state index contributed by atoms with van der Waals surface area (Å²) in [6.07, 6.45) is 1.01. The van der Waals surface area contributed by atoms with Gasteiger partial charge in [0.25, 0.3) is 0 Å². The average Bonchev–Trinajstić information content (AvgIpc) is 2.40. The summed E-state index contributed by atoms with van der Waals surface area (Å²) in [4.78, 5) is 0. The van der Waals surface area contributed by atoms with E-state index < -0.39 is 0 Å². The van der Waals surface area contributed by atoms with Crippen LogP contribution in [0.4, 0.5) is 0 Å². The summed E-state index contributed by atoms with van der Waals surface area (Å²) in [5.74, 6) is 0. The minimum absolute atomic E-state index is 1.01. The summed E-state index contributed by atoms with van der Waals surface area (Å²) >= 11 is 0. The summed E-state index contributed by atoms with van der Waals surface area (Å²) in [5, 5.41) is 2.69. The standard InChI is InChI=1S/C18H16/c1-14-11-16(12-15-7-3-2-4-8-15)13-17-9-5-6-10-18(14)17/h2-11,13H,12H2,1H3. The van der Waals surface area contributed by atoms with Crippen LogP contribution < -0.4 is 0 Å². The first-order valence-corrected chi connectivity index (χ1v) is 6.35. The van der Waals surface area contributed by atoms with E-state index in [1.165, 1.54) is 27.5 Å². The highest BCUT2D eigenvalue weighted by Crippen LogP contribution is 2.22. The molecular weight excluding hydrogens is 216 g/mol. The van der Waals surface area contributed by atoms with Gasteiger partial charge >= 0.3 is 0 Å². The fourth-order valence-electron chi connectivity index (χ4n) is 2.51. The van der Waals surface area contributed by atoms with Crippen molar-refractivity contribution in [2.24, 2.45) is 0 Å². The lowest BCUT2D eigenvalue weighted by Crippen LogP contribution is -1.89. The first-order valence-electron chi connectivity index (χ1n) is 6.35. The van der Waals surface area contributed by atoms with Gasteiger partial charge in [0.2, 0.25) is 0 Å². The van der Waals surface area contributed by atoms with E-state index in [-0.39, 0.29) is 0 Å². The van der Waals surface area contributed by atoms with Gasteiger partial charge in [0.1, 0.15) is 0 Å². The monoisotopic (exact) mass is 232 g/mol. The molecule has 0 amide bonds. The summed E-state index contributed by atoms with van der Waals surface area (Å²) in [7, 11) is 0. The maximum Gasteiger partial charge on any atom is -0.00255 e. The van der Waals surface area contributed by atoms with Gasteiger partial charge in [-0.05, 0) is 40.8 Å². The molecule has 0 nitrogen and oxygen atoms in total. The molecule has 3 rings (SSSR count). The van der Waals surface area contributed by atoms with E-state index in [1.807, 2.05) is 0 Å². The van der Waals surface area contributed by atoms with Gasteiger partial charge in [-0.25, -0.2) is 0 Å². The van der Waals surface area contributed by atoms with Crippen LogP contribution in [-0.4, -0.2) is 0 Å². The Bertz CT molecular complexity index is 666. The second-order valence-corrected chi connectivity index (χ2v) is 4.80. The molecule has 0 aliphatic rings. The van der Waals surface area contributed by atoms with E-state index in [0.29, 0.717) is 0 Å². The lowest BCUT2D eigenvalue weighted by atomic mass is 9.98. The summed E-state index contributed by atoms with van der Waals surface area (Å²) in [5.41, 5.74) is 4.11. The molecule has 88 valence electrons. The van der Waals surface area contributed by atoms with Gasteiger partial charge in [-0.15, -0.1) is 0 Å². The third-order valence-electron chi connectivity index (χ3n) is 3.38. The molecule has 0 aliphatic heterocycles. The second-order valence-electron chi connectivity index (χ2n) is 4.80. The predicted octanol–water partition coefficient (Wildman–Crippen LogP) is 4.74. The fraction of sp³-hybridized carbons (Fsp3) is 0.111. The molecule has 0 aliphatic carbocycles. The molecule has 0 heteroatoms. The molecular formula is C18H16. The zero-order valence-electron chi connectivity index (χ0n) is 10.6. The van der Waals surface area contributed by atoms with Crippen molar-refractivity contribution in [3.05, 3.63) is 83.4 Å². The highest BCUT2D eigenvalue weighted by atomic mass is 14.1. The predicted molar refractivity (Wildman–Crippen MR) is 77.9 cm³/mol. The first-order chi connectivity index (χ1) is 8.83. The lowest BCUT2D eigenvalue weighted by Gasteiger charge is -2.07. The van der Waals surface area contributed by atoms with Gasteiger partial charge in [-0.2, -0.15) is 0 Å². The maximum absolute atomic E-state index is 2.30. The third kappa shape index (κ3) is 2.14. The molecule has 0 unspecified atom stereocenters. The van der Waals surface area contributed by atoms with Crippen molar-refractivity contribution in [2.75, 3.05) is 0 Å². The smallest absolute Gasteiger partial charge is 0.00255 e. The van der Waals surface area contributed by atoms with Crippen LogP contribution in [0.3, 0.4) is 0 Å². The largest absolute Gasteiger partial charge is 0.0622 e. The SMILES string of the molecule is Cc1cc(Cc2ccccc2)cc2ccccc12. The molecule has 0 bridgehead atoms. The van der Waals surface area contributed by atoms with Crippen molar-refractivity contribution >= 4 is 10.8 Å². The molecule has 3 aromatic rings. The summed E-state index contributed by atoms with van der Waals surface area (Å²) in [6.45, 7) is 2.19. The Morgan fingerprint density at radius 1 is 0.722 bits per heavy atom. The Balaban J connectivity index is 2.03. The highest BCUT2D eigenvalue weighted by molar-refractivity contribution is 5.86. The normalized spacial score (nSPS) is 10.7. The van der Waals surface area contributed by atoms with Crippen molar-refractivity contribution < 1.29 is 0 Å². The van der Waals surface area contributed by atoms with E-state index in [1.54, 1.807) is 0 Å². The molecule has 0 fully saturated rings. The van der Waals surface area contributed by atoms with Crippen molar-refractivity contribution in [3.8, 4) is 0 Å². The van der Waals surface area contributed by atoms with Crippen LogP contribution in [-0.2, 0) is 6.42 Å². The minimum Gasteiger partial charge on any atom is -0.0622 e. The average molecular weight is 232 g/mol. The van der Waals surface area contributed by atoms with Crippen molar-refractivity contribution in [1.82, 2.24) is 0 Å². The van der Waals surface area contributed by atoms with Crippen LogP contribution >= 0.6 is 0 Å². The van der Waals surface area contributed by atoms with Crippen LogP contribution in [0, 0.1) is 6.92 Å². The topological polar surface area (TPSA) is 0 Å². The van der Waals surface area contributed by atoms with E-state index in [4.69, 9.17) is 0 Å². The Morgan fingerprint density at radius 3 is 2.28 bits per heavy atom. The van der Waals surface area contributed by atoms with Gasteiger partial charge in [0.15, 0.2) is 0 Å². The zero-order valence-corrected chi connectivity index (χ0v) is 10.6. The fourth-order valence-corrected chi connectivity index (χ4v) is 2.51. The number of hydrogen-bond donors (Lipinski definition) is 0. The Hall–Kier alpha value is -2.08. The number of benzene rings is 3. The molecule has 0 saturated carbocycles. The van der Waals surface area contributed by atoms with E-state index in [9.17, 15) is 0 Å². The molecule has 18 heavy (non-hydrogen) atoms. The van der Waals surface area contributed by atoms with Gasteiger partial charge < -0.3 is 0 Å². The van der Waals surface area contributed by atoms with E-state index in [0.717, 1.165) is 6.42 Å². The molecule has 0 N–H and O–H groups in total. The minimum atomic E-state index is 1.01. The molecule has 0 heterocycles. The Kier molecular flexibility index (Phi) is 2.85. The number of fused-ring (bicyclic) bond motifs is 1. The maximum atomic E-state index is 2.30. The third-order valence-corrected chi connectivity index (χ3v) is 3.38. The molecule has 0 spiro atoms. The molecule has 0 aromatic heterocycles. The molecule has 3 aromatic carbocycles. The second kappa shape index (κ2) is 4.66.